The molecular formula is C26H24N8O. The van der Waals surface area contributed by atoms with Crippen LogP contribution >= 0.6 is 0 Å². The highest BCUT2D eigenvalue weighted by atomic mass is 16.5. The van der Waals surface area contributed by atoms with Gasteiger partial charge >= 0.3 is 0 Å². The average molecular weight is 465 g/mol. The second-order valence-electron chi connectivity index (χ2n) is 8.24. The van der Waals surface area contributed by atoms with Gasteiger partial charge in [-0.1, -0.05) is 0 Å². The number of pyridine rings is 1. The molecule has 0 atom stereocenters. The Hall–Kier alpha value is -4.79. The van der Waals surface area contributed by atoms with Crippen LogP contribution in [0.25, 0.3) is 11.3 Å². The molecule has 0 saturated heterocycles. The van der Waals surface area contributed by atoms with Crippen molar-refractivity contribution < 1.29 is 4.74 Å². The third-order valence-electron chi connectivity index (χ3n) is 5.88. The minimum absolute atomic E-state index is 0.517. The predicted molar refractivity (Wildman–Crippen MR) is 135 cm³/mol. The molecule has 35 heavy (non-hydrogen) atoms. The van der Waals surface area contributed by atoms with Crippen molar-refractivity contribution in [2.24, 2.45) is 0 Å². The molecule has 174 valence electrons. The van der Waals surface area contributed by atoms with E-state index < -0.39 is 0 Å². The number of anilines is 3. The second kappa shape index (κ2) is 8.86. The first-order valence-corrected chi connectivity index (χ1v) is 11.3. The van der Waals surface area contributed by atoms with Gasteiger partial charge in [-0.05, 0) is 42.5 Å². The van der Waals surface area contributed by atoms with Gasteiger partial charge in [0, 0.05) is 67.4 Å². The van der Waals surface area contributed by atoms with E-state index in [1.165, 1.54) is 0 Å². The van der Waals surface area contributed by atoms with Gasteiger partial charge in [-0.15, -0.1) is 0 Å². The number of hydrogen-bond acceptors (Lipinski definition) is 9. The minimum atomic E-state index is 0.517. The largest absolute Gasteiger partial charge is 0.497 e. The Labute approximate surface area is 203 Å². The molecule has 3 aliphatic heterocycles. The summed E-state index contributed by atoms with van der Waals surface area (Å²) in [5.74, 6) is 0.517. The summed E-state index contributed by atoms with van der Waals surface area (Å²) < 4.78 is 5.64. The van der Waals surface area contributed by atoms with Crippen LogP contribution in [0.1, 0.15) is 11.3 Å². The fraction of sp³-hybridized carbons (Fsp3) is 0.115. The zero-order valence-corrected chi connectivity index (χ0v) is 19.2. The number of allylic oxidation sites excluding steroid dienone is 1. The van der Waals surface area contributed by atoms with E-state index in [1.807, 2.05) is 73.3 Å². The highest BCUT2D eigenvalue weighted by Crippen LogP contribution is 2.38. The molecule has 0 bridgehead atoms. The number of benzene rings is 1. The van der Waals surface area contributed by atoms with Gasteiger partial charge < -0.3 is 19.9 Å². The van der Waals surface area contributed by atoms with Crippen molar-refractivity contribution in [1.29, 1.82) is 0 Å². The summed E-state index contributed by atoms with van der Waals surface area (Å²) in [7, 11) is 2.00. The molecule has 0 fully saturated rings. The summed E-state index contributed by atoms with van der Waals surface area (Å²) in [4.78, 5) is 17.6. The van der Waals surface area contributed by atoms with Crippen LogP contribution in [0.4, 0.5) is 17.3 Å². The molecule has 2 N–H and O–H groups in total. The molecule has 9 heteroatoms. The normalized spacial score (nSPS) is 16.6. The lowest BCUT2D eigenvalue weighted by molar-refractivity contribution is 0.152. The average Bonchev–Trinajstić information content (AvgIpc) is 3.30. The van der Waals surface area contributed by atoms with Crippen molar-refractivity contribution in [2.75, 3.05) is 30.4 Å². The lowest BCUT2D eigenvalue weighted by atomic mass is 10.0. The van der Waals surface area contributed by atoms with Crippen LogP contribution < -0.4 is 15.6 Å². The first-order chi connectivity index (χ1) is 17.2. The summed E-state index contributed by atoms with van der Waals surface area (Å²) in [6.07, 6.45) is 15.2. The molecule has 0 saturated carbocycles. The van der Waals surface area contributed by atoms with E-state index in [9.17, 15) is 0 Å². The summed E-state index contributed by atoms with van der Waals surface area (Å²) in [5.41, 5.74) is 10.1. The number of fused-ring (bicyclic) bond motifs is 1. The van der Waals surface area contributed by atoms with E-state index in [2.05, 4.69) is 42.8 Å². The van der Waals surface area contributed by atoms with Gasteiger partial charge in [0.2, 0.25) is 5.95 Å². The van der Waals surface area contributed by atoms with Crippen molar-refractivity contribution in [2.45, 2.75) is 0 Å². The number of nitrogens with zero attached hydrogens (tertiary/aromatic N) is 6. The highest BCUT2D eigenvalue weighted by molar-refractivity contribution is 5.98. The fourth-order valence-electron chi connectivity index (χ4n) is 4.10. The van der Waals surface area contributed by atoms with Gasteiger partial charge in [0.1, 0.15) is 18.6 Å². The van der Waals surface area contributed by atoms with Crippen LogP contribution in [0.2, 0.25) is 0 Å². The van der Waals surface area contributed by atoms with Crippen LogP contribution in [-0.2, 0) is 4.74 Å². The molecule has 0 spiro atoms. The molecule has 3 aromatic rings. The van der Waals surface area contributed by atoms with Crippen LogP contribution in [0.5, 0.6) is 0 Å². The van der Waals surface area contributed by atoms with E-state index in [-0.39, 0.29) is 0 Å². The van der Waals surface area contributed by atoms with Crippen molar-refractivity contribution in [3.63, 3.8) is 0 Å². The topological polar surface area (TPSA) is 81.7 Å². The van der Waals surface area contributed by atoms with Gasteiger partial charge in [0.05, 0.1) is 23.5 Å². The summed E-state index contributed by atoms with van der Waals surface area (Å²) in [5, 5.41) is 5.41. The highest BCUT2D eigenvalue weighted by Gasteiger charge is 2.31. The van der Waals surface area contributed by atoms with Crippen LogP contribution in [-0.4, -0.2) is 45.1 Å². The van der Waals surface area contributed by atoms with E-state index >= 15 is 0 Å². The summed E-state index contributed by atoms with van der Waals surface area (Å²) >= 11 is 0. The Bertz CT molecular complexity index is 1330. The maximum atomic E-state index is 5.64. The van der Waals surface area contributed by atoms with Crippen LogP contribution in [0.15, 0.2) is 97.8 Å². The Balaban J connectivity index is 1.29. The molecule has 5 heterocycles. The third kappa shape index (κ3) is 4.15. The zero-order valence-electron chi connectivity index (χ0n) is 19.2. The molecule has 6 rings (SSSR count). The maximum absolute atomic E-state index is 5.64. The molecule has 2 aromatic heterocycles. The fourth-order valence-corrected chi connectivity index (χ4v) is 4.10. The third-order valence-corrected chi connectivity index (χ3v) is 5.88. The van der Waals surface area contributed by atoms with Crippen LogP contribution in [0, 0.1) is 0 Å². The van der Waals surface area contributed by atoms with Crippen LogP contribution in [0.3, 0.4) is 0 Å². The Morgan fingerprint density at radius 3 is 2.66 bits per heavy atom. The maximum Gasteiger partial charge on any atom is 0.227 e. The quantitative estimate of drug-likeness (QED) is 0.585. The number of nitrogens with one attached hydrogen (secondary N) is 2. The van der Waals surface area contributed by atoms with Gasteiger partial charge in [0.15, 0.2) is 0 Å². The monoisotopic (exact) mass is 464 g/mol. The van der Waals surface area contributed by atoms with E-state index in [4.69, 9.17) is 9.72 Å². The minimum Gasteiger partial charge on any atom is -0.497 e. The Kier molecular flexibility index (Phi) is 5.27. The Morgan fingerprint density at radius 2 is 1.86 bits per heavy atom. The van der Waals surface area contributed by atoms with Crippen molar-refractivity contribution in [1.82, 2.24) is 30.3 Å². The number of ether oxygens (including phenoxy) is 1. The SMILES string of the molecule is CN1C=CN(c2ccc(Nc3nccc(C4=C(c5cccnc5)NN5CCOC=C45)n3)cc2)C=C1. The zero-order chi connectivity index (χ0) is 23.6. The standard InChI is InChI=1S/C26H24N8O/c1-32-11-13-33(14-12-32)21-6-4-20(5-7-21)29-26-28-10-8-22(30-26)24-23-18-35-16-15-34(23)31-25(24)19-3-2-9-27-17-19/h2-14,17-18,31H,15-16H2,1H3,(H,28,29,30). The van der Waals surface area contributed by atoms with E-state index in [1.54, 1.807) is 18.7 Å². The lowest BCUT2D eigenvalue weighted by Crippen LogP contribution is -2.35. The van der Waals surface area contributed by atoms with E-state index in [0.717, 1.165) is 46.1 Å². The first-order valence-electron chi connectivity index (χ1n) is 11.3. The predicted octanol–water partition coefficient (Wildman–Crippen LogP) is 3.87. The Morgan fingerprint density at radius 1 is 1.00 bits per heavy atom. The molecule has 0 unspecified atom stereocenters. The molecule has 9 nitrogen and oxygen atoms in total. The second-order valence-corrected chi connectivity index (χ2v) is 8.24. The van der Waals surface area contributed by atoms with E-state index in [0.29, 0.717) is 12.6 Å². The smallest absolute Gasteiger partial charge is 0.227 e. The molecule has 3 aliphatic rings. The van der Waals surface area contributed by atoms with Gasteiger partial charge in [-0.3, -0.25) is 15.4 Å². The van der Waals surface area contributed by atoms with Crippen molar-refractivity contribution >= 4 is 28.6 Å². The van der Waals surface area contributed by atoms with Crippen molar-refractivity contribution in [3.8, 4) is 0 Å². The number of hydrazine groups is 1. The molecule has 0 amide bonds. The number of aromatic nitrogens is 3. The number of hydrogen-bond donors (Lipinski definition) is 2. The molecule has 1 aromatic carbocycles. The van der Waals surface area contributed by atoms with Gasteiger partial charge in [0.25, 0.3) is 0 Å². The molecular weight excluding hydrogens is 440 g/mol. The summed E-state index contributed by atoms with van der Waals surface area (Å²) in [6, 6.07) is 14.0. The molecule has 0 radical (unpaired) electrons. The van der Waals surface area contributed by atoms with Gasteiger partial charge in [-0.2, -0.15) is 0 Å². The first kappa shape index (κ1) is 20.8. The molecule has 0 aliphatic carbocycles. The van der Waals surface area contributed by atoms with Gasteiger partial charge in [-0.25, -0.2) is 9.97 Å². The lowest BCUT2D eigenvalue weighted by Gasteiger charge is -2.25. The number of rotatable bonds is 5. The van der Waals surface area contributed by atoms with Crippen molar-refractivity contribution in [3.05, 3.63) is 109 Å². The summed E-state index contributed by atoms with van der Waals surface area (Å²) in [6.45, 7) is 1.36.